The van der Waals surface area contributed by atoms with Crippen molar-refractivity contribution in [3.8, 4) is 16.9 Å². The molecule has 0 saturated heterocycles. The quantitative estimate of drug-likeness (QED) is 0.482. The lowest BCUT2D eigenvalue weighted by Gasteiger charge is -2.15. The Bertz CT molecular complexity index is 1180. The molecule has 9 heteroatoms. The van der Waals surface area contributed by atoms with E-state index in [2.05, 4.69) is 15.3 Å². The molecule has 0 atom stereocenters. The molecule has 0 saturated carbocycles. The van der Waals surface area contributed by atoms with E-state index in [1.165, 1.54) is 11.8 Å². The summed E-state index contributed by atoms with van der Waals surface area (Å²) in [5, 5.41) is 12.8. The molecule has 0 fully saturated rings. The molecule has 0 N–H and O–H groups in total. The summed E-state index contributed by atoms with van der Waals surface area (Å²) < 4.78 is 9.68. The molecule has 2 aliphatic heterocycles. The molecule has 148 valence electrons. The number of nitrogens with zero attached hydrogens (tertiary/aromatic N) is 6. The molecule has 0 spiro atoms. The number of ether oxygens (including phenoxy) is 1. The maximum Gasteiger partial charge on any atom is 0.341 e. The number of aromatic nitrogens is 6. The molecule has 1 aromatic heterocycles. The van der Waals surface area contributed by atoms with Crippen molar-refractivity contribution in [1.29, 1.82) is 0 Å². The molecule has 2 aromatic rings. The fourth-order valence-corrected chi connectivity index (χ4v) is 3.27. The molecule has 29 heavy (non-hydrogen) atoms. The van der Waals surface area contributed by atoms with Crippen LogP contribution in [0.15, 0.2) is 47.5 Å². The lowest BCUT2D eigenvalue weighted by Crippen LogP contribution is -2.20. The second-order valence-corrected chi connectivity index (χ2v) is 6.41. The number of methoxy groups -OCH3 is 1. The van der Waals surface area contributed by atoms with E-state index in [0.717, 1.165) is 0 Å². The van der Waals surface area contributed by atoms with Crippen LogP contribution in [-0.2, 0) is 17.6 Å². The van der Waals surface area contributed by atoms with Gasteiger partial charge in [-0.15, -0.1) is 10.2 Å². The van der Waals surface area contributed by atoms with E-state index < -0.39 is 5.97 Å². The summed E-state index contributed by atoms with van der Waals surface area (Å²) >= 11 is 0. The Balaban J connectivity index is 2.03. The van der Waals surface area contributed by atoms with Gasteiger partial charge in [-0.1, -0.05) is 32.0 Å². The first kappa shape index (κ1) is 18.6. The van der Waals surface area contributed by atoms with Crippen molar-refractivity contribution in [2.24, 2.45) is 0 Å². The fraction of sp³-hybridized carbons (Fsp3) is 0.250. The normalized spacial score (nSPS) is 11.1. The predicted molar refractivity (Wildman–Crippen MR) is 105 cm³/mol. The molecule has 4 rings (SSSR count). The van der Waals surface area contributed by atoms with Crippen molar-refractivity contribution < 1.29 is 9.53 Å². The second-order valence-electron chi connectivity index (χ2n) is 6.41. The SMILES string of the molecule is CCc1nnc(CC)n1-n1cc(C(=O)OC)c2nn(-c3ccccc3)c(=O)c-2c1. The van der Waals surface area contributed by atoms with Crippen LogP contribution < -0.4 is 5.56 Å². The molecule has 0 aliphatic carbocycles. The number of carbonyl (C=O) groups excluding carboxylic acids is 1. The predicted octanol–water partition coefficient (Wildman–Crippen LogP) is 1.95. The first-order valence-corrected chi connectivity index (χ1v) is 9.31. The van der Waals surface area contributed by atoms with E-state index in [1.54, 1.807) is 33.9 Å². The highest BCUT2D eigenvalue weighted by atomic mass is 16.5. The minimum Gasteiger partial charge on any atom is -0.465 e. The highest BCUT2D eigenvalue weighted by Crippen LogP contribution is 2.23. The van der Waals surface area contributed by atoms with Gasteiger partial charge in [-0.3, -0.25) is 9.47 Å². The number of fused-ring (bicyclic) bond motifs is 1. The van der Waals surface area contributed by atoms with Gasteiger partial charge < -0.3 is 4.74 Å². The fourth-order valence-electron chi connectivity index (χ4n) is 3.27. The van der Waals surface area contributed by atoms with Gasteiger partial charge >= 0.3 is 5.97 Å². The van der Waals surface area contributed by atoms with Gasteiger partial charge in [0.2, 0.25) is 0 Å². The summed E-state index contributed by atoms with van der Waals surface area (Å²) in [5.74, 6) is 0.848. The Labute approximate surface area is 166 Å². The van der Waals surface area contributed by atoms with Crippen LogP contribution >= 0.6 is 0 Å². The van der Waals surface area contributed by atoms with Crippen LogP contribution in [0.25, 0.3) is 16.9 Å². The minimum atomic E-state index is -0.578. The molecule has 1 aromatic carbocycles. The topological polar surface area (TPSA) is 96.8 Å². The molecule has 0 unspecified atom stereocenters. The molecular weight excluding hydrogens is 372 g/mol. The van der Waals surface area contributed by atoms with Crippen LogP contribution in [0.1, 0.15) is 35.9 Å². The number of hydrogen-bond acceptors (Lipinski definition) is 6. The number of hydrogen-bond donors (Lipinski definition) is 0. The van der Waals surface area contributed by atoms with Crippen molar-refractivity contribution in [2.75, 3.05) is 7.11 Å². The zero-order chi connectivity index (χ0) is 20.5. The van der Waals surface area contributed by atoms with Crippen LogP contribution in [0.3, 0.4) is 0 Å². The summed E-state index contributed by atoms with van der Waals surface area (Å²) in [6, 6.07) is 9.06. The number of esters is 1. The number of aryl methyl sites for hydroxylation is 2. The molecule has 0 bridgehead atoms. The van der Waals surface area contributed by atoms with E-state index >= 15 is 0 Å². The van der Waals surface area contributed by atoms with Crippen LogP contribution in [0.4, 0.5) is 0 Å². The Morgan fingerprint density at radius 1 is 1.03 bits per heavy atom. The van der Waals surface area contributed by atoms with Gasteiger partial charge in [-0.25, -0.2) is 9.47 Å². The lowest BCUT2D eigenvalue weighted by atomic mass is 10.1. The van der Waals surface area contributed by atoms with Crippen LogP contribution in [0.2, 0.25) is 0 Å². The molecule has 9 nitrogen and oxygen atoms in total. The minimum absolute atomic E-state index is 0.189. The van der Waals surface area contributed by atoms with Gasteiger partial charge in [0.1, 0.15) is 11.3 Å². The van der Waals surface area contributed by atoms with Crippen LogP contribution in [0, 0.1) is 0 Å². The Morgan fingerprint density at radius 3 is 2.28 bits per heavy atom. The number of pyridine rings is 1. The zero-order valence-corrected chi connectivity index (χ0v) is 16.4. The zero-order valence-electron chi connectivity index (χ0n) is 16.4. The van der Waals surface area contributed by atoms with Gasteiger partial charge in [-0.2, -0.15) is 9.78 Å². The average Bonchev–Trinajstić information content (AvgIpc) is 3.34. The van der Waals surface area contributed by atoms with Gasteiger partial charge in [-0.05, 0) is 12.1 Å². The smallest absolute Gasteiger partial charge is 0.341 e. The molecule has 0 radical (unpaired) electrons. The number of rotatable bonds is 5. The van der Waals surface area contributed by atoms with E-state index in [9.17, 15) is 9.59 Å². The van der Waals surface area contributed by atoms with Crippen molar-refractivity contribution in [1.82, 2.24) is 29.3 Å². The summed E-state index contributed by atoms with van der Waals surface area (Å²) in [7, 11) is 1.30. The highest BCUT2D eigenvalue weighted by molar-refractivity contribution is 5.96. The summed E-state index contributed by atoms with van der Waals surface area (Å²) in [4.78, 5) is 25.6. The third-order valence-electron chi connectivity index (χ3n) is 4.70. The maximum atomic E-state index is 13.1. The third-order valence-corrected chi connectivity index (χ3v) is 4.70. The van der Waals surface area contributed by atoms with E-state index in [-0.39, 0.29) is 16.8 Å². The molecule has 0 amide bonds. The summed E-state index contributed by atoms with van der Waals surface area (Å²) in [5.41, 5.74) is 1.06. The second kappa shape index (κ2) is 7.34. The Morgan fingerprint density at radius 2 is 1.69 bits per heavy atom. The Hall–Kier alpha value is -3.75. The average molecular weight is 392 g/mol. The summed E-state index contributed by atoms with van der Waals surface area (Å²) in [6.45, 7) is 3.93. The first-order valence-electron chi connectivity index (χ1n) is 9.31. The van der Waals surface area contributed by atoms with Gasteiger partial charge in [0, 0.05) is 25.2 Å². The lowest BCUT2D eigenvalue weighted by molar-refractivity contribution is 0.0600. The molecular formula is C20H20N6O3. The number of para-hydroxylation sites is 1. The monoisotopic (exact) mass is 392 g/mol. The molecule has 2 aliphatic rings. The van der Waals surface area contributed by atoms with Crippen molar-refractivity contribution in [3.63, 3.8) is 0 Å². The largest absolute Gasteiger partial charge is 0.465 e. The maximum absolute atomic E-state index is 13.1. The summed E-state index contributed by atoms with van der Waals surface area (Å²) in [6.07, 6.45) is 4.52. The first-order chi connectivity index (χ1) is 14.1. The number of benzene rings is 1. The van der Waals surface area contributed by atoms with Crippen molar-refractivity contribution in [3.05, 3.63) is 70.3 Å². The van der Waals surface area contributed by atoms with Crippen molar-refractivity contribution in [2.45, 2.75) is 26.7 Å². The van der Waals surface area contributed by atoms with Crippen LogP contribution in [-0.4, -0.2) is 42.4 Å². The van der Waals surface area contributed by atoms with Gasteiger partial charge in [0.15, 0.2) is 11.6 Å². The van der Waals surface area contributed by atoms with E-state index in [4.69, 9.17) is 4.74 Å². The van der Waals surface area contributed by atoms with Gasteiger partial charge in [0.05, 0.1) is 18.4 Å². The Kier molecular flexibility index (Phi) is 4.71. The van der Waals surface area contributed by atoms with E-state index in [0.29, 0.717) is 35.7 Å². The standard InChI is InChI=1S/C20H20N6O3/c1-4-16-21-22-17(5-2)26(16)24-11-14-18(15(12-24)20(28)29-3)23-25(19(14)27)13-9-7-6-8-10-13/h6-12H,4-5H2,1-3H3. The highest BCUT2D eigenvalue weighted by Gasteiger charge is 2.26. The van der Waals surface area contributed by atoms with Crippen LogP contribution in [0.5, 0.6) is 0 Å². The third kappa shape index (κ3) is 3.00. The number of carbonyl (C=O) groups is 1. The molecule has 3 heterocycles. The van der Waals surface area contributed by atoms with Gasteiger partial charge in [0.25, 0.3) is 5.56 Å². The van der Waals surface area contributed by atoms with E-state index in [1.807, 2.05) is 32.0 Å². The van der Waals surface area contributed by atoms with Crippen molar-refractivity contribution >= 4 is 5.97 Å².